The molecule has 0 radical (unpaired) electrons. The van der Waals surface area contributed by atoms with Gasteiger partial charge in [0.05, 0.1) is 26.4 Å². The molecule has 1 rings (SSSR count). The van der Waals surface area contributed by atoms with Crippen molar-refractivity contribution in [3.63, 3.8) is 0 Å². The first-order chi connectivity index (χ1) is 6.72. The zero-order valence-corrected chi connectivity index (χ0v) is 8.49. The molecule has 4 N–H and O–H groups in total. The van der Waals surface area contributed by atoms with E-state index in [9.17, 15) is 0 Å². The zero-order valence-electron chi connectivity index (χ0n) is 8.49. The quantitative estimate of drug-likeness (QED) is 0.714. The van der Waals surface area contributed by atoms with Crippen LogP contribution in [-0.2, 0) is 0 Å². The van der Waals surface area contributed by atoms with Crippen molar-refractivity contribution in [2.75, 3.05) is 20.8 Å². The second-order valence-electron chi connectivity index (χ2n) is 2.99. The van der Waals surface area contributed by atoms with Crippen LogP contribution in [0, 0.1) is 0 Å². The number of aliphatic hydroxyl groups is 1. The van der Waals surface area contributed by atoms with Gasteiger partial charge in [0, 0.05) is 6.07 Å². The van der Waals surface area contributed by atoms with Gasteiger partial charge in [-0.25, -0.2) is 0 Å². The normalized spacial score (nSPS) is 12.3. The van der Waals surface area contributed by atoms with Crippen LogP contribution in [0.2, 0.25) is 0 Å². The summed E-state index contributed by atoms with van der Waals surface area (Å²) in [4.78, 5) is 0. The smallest absolute Gasteiger partial charge is 0.137 e. The van der Waals surface area contributed by atoms with Crippen molar-refractivity contribution < 1.29 is 20.3 Å². The number of quaternary nitrogens is 1. The first-order valence-corrected chi connectivity index (χ1v) is 4.38. The fraction of sp³-hybridized carbons (Fsp3) is 0.400. The Bertz CT molecular complexity index is 301. The number of rotatable bonds is 4. The third-order valence-corrected chi connectivity index (χ3v) is 2.10. The van der Waals surface area contributed by atoms with Gasteiger partial charge in [0.2, 0.25) is 0 Å². The molecule has 0 aliphatic carbocycles. The van der Waals surface area contributed by atoms with E-state index in [1.807, 2.05) is 12.1 Å². The lowest BCUT2D eigenvalue weighted by atomic mass is 10.1. The molecule has 14 heavy (non-hydrogen) atoms. The van der Waals surface area contributed by atoms with E-state index in [0.29, 0.717) is 5.75 Å². The molecule has 1 aromatic carbocycles. The summed E-state index contributed by atoms with van der Waals surface area (Å²) in [5.41, 5.74) is 4.71. The van der Waals surface area contributed by atoms with Crippen molar-refractivity contribution >= 4 is 0 Å². The van der Waals surface area contributed by atoms with Crippen LogP contribution in [0.15, 0.2) is 18.2 Å². The lowest BCUT2D eigenvalue weighted by Crippen LogP contribution is -2.55. The van der Waals surface area contributed by atoms with E-state index in [1.165, 1.54) is 0 Å². The largest absolute Gasteiger partial charge is 0.497 e. The summed E-state index contributed by atoms with van der Waals surface area (Å²) < 4.78 is 10.2. The van der Waals surface area contributed by atoms with E-state index in [-0.39, 0.29) is 12.6 Å². The van der Waals surface area contributed by atoms with Crippen molar-refractivity contribution in [2.45, 2.75) is 6.04 Å². The van der Waals surface area contributed by atoms with Crippen LogP contribution < -0.4 is 15.2 Å². The molecule has 4 heteroatoms. The molecule has 0 heterocycles. The van der Waals surface area contributed by atoms with E-state index in [4.69, 9.17) is 14.6 Å². The third-order valence-electron chi connectivity index (χ3n) is 2.10. The summed E-state index contributed by atoms with van der Waals surface area (Å²) in [6.07, 6.45) is 0. The fourth-order valence-electron chi connectivity index (χ4n) is 1.25. The minimum absolute atomic E-state index is 0.00267. The summed E-state index contributed by atoms with van der Waals surface area (Å²) in [6.45, 7) is 0.00267. The molecular formula is C10H16NO3+. The van der Waals surface area contributed by atoms with Crippen molar-refractivity contribution in [1.29, 1.82) is 0 Å². The van der Waals surface area contributed by atoms with E-state index in [1.54, 1.807) is 20.3 Å². The Labute approximate surface area is 83.3 Å². The highest BCUT2D eigenvalue weighted by Gasteiger charge is 2.14. The molecule has 0 saturated carbocycles. The van der Waals surface area contributed by atoms with Crippen LogP contribution in [0.1, 0.15) is 11.6 Å². The predicted octanol–water partition coefficient (Wildman–Crippen LogP) is -0.0209. The maximum Gasteiger partial charge on any atom is 0.137 e. The Kier molecular flexibility index (Phi) is 3.73. The second-order valence-corrected chi connectivity index (χ2v) is 2.99. The van der Waals surface area contributed by atoms with E-state index in [0.717, 1.165) is 11.3 Å². The molecule has 0 aliphatic rings. The lowest BCUT2D eigenvalue weighted by Gasteiger charge is -2.12. The molecule has 0 unspecified atom stereocenters. The lowest BCUT2D eigenvalue weighted by molar-refractivity contribution is -0.432. The summed E-state index contributed by atoms with van der Waals surface area (Å²) in [5.74, 6) is 1.43. The molecule has 0 amide bonds. The predicted molar refractivity (Wildman–Crippen MR) is 52.3 cm³/mol. The van der Waals surface area contributed by atoms with Gasteiger partial charge >= 0.3 is 0 Å². The van der Waals surface area contributed by atoms with Crippen LogP contribution >= 0.6 is 0 Å². The molecule has 0 spiro atoms. The Hall–Kier alpha value is -1.26. The maximum atomic E-state index is 8.99. The highest BCUT2D eigenvalue weighted by Crippen LogP contribution is 2.27. The molecule has 0 aromatic heterocycles. The summed E-state index contributed by atoms with van der Waals surface area (Å²) in [6, 6.07) is 5.29. The van der Waals surface area contributed by atoms with E-state index >= 15 is 0 Å². The van der Waals surface area contributed by atoms with Gasteiger partial charge in [0.25, 0.3) is 0 Å². The molecule has 0 bridgehead atoms. The fourth-order valence-corrected chi connectivity index (χ4v) is 1.25. The van der Waals surface area contributed by atoms with Crippen LogP contribution in [0.25, 0.3) is 0 Å². The number of benzene rings is 1. The molecule has 1 atom stereocenters. The number of hydrogen-bond donors (Lipinski definition) is 2. The number of aliphatic hydroxyl groups excluding tert-OH is 1. The van der Waals surface area contributed by atoms with Gasteiger partial charge in [-0.3, -0.25) is 0 Å². The SMILES string of the molecule is COc1ccc([C@@H]([NH3+])CO)c(OC)c1. The van der Waals surface area contributed by atoms with Crippen molar-refractivity contribution in [3.8, 4) is 11.5 Å². The Morgan fingerprint density at radius 1 is 1.36 bits per heavy atom. The Morgan fingerprint density at radius 2 is 2.07 bits per heavy atom. The minimum Gasteiger partial charge on any atom is -0.497 e. The second kappa shape index (κ2) is 4.83. The standard InChI is InChI=1S/C10H15NO3/c1-13-7-3-4-8(9(11)6-12)10(5-7)14-2/h3-5,9,12H,6,11H2,1-2H3/p+1/t9-/m0/s1. The third kappa shape index (κ3) is 2.16. The highest BCUT2D eigenvalue weighted by molar-refractivity contribution is 5.41. The molecule has 0 saturated heterocycles. The van der Waals surface area contributed by atoms with Crippen LogP contribution in [0.4, 0.5) is 0 Å². The monoisotopic (exact) mass is 198 g/mol. The molecule has 0 fully saturated rings. The Balaban J connectivity index is 3.04. The van der Waals surface area contributed by atoms with Crippen molar-refractivity contribution in [3.05, 3.63) is 23.8 Å². The molecule has 0 aliphatic heterocycles. The zero-order chi connectivity index (χ0) is 10.6. The Morgan fingerprint density at radius 3 is 2.57 bits per heavy atom. The van der Waals surface area contributed by atoms with Crippen LogP contribution in [-0.4, -0.2) is 25.9 Å². The van der Waals surface area contributed by atoms with Gasteiger partial charge < -0.3 is 20.3 Å². The summed E-state index contributed by atoms with van der Waals surface area (Å²) >= 11 is 0. The highest BCUT2D eigenvalue weighted by atomic mass is 16.5. The van der Waals surface area contributed by atoms with Gasteiger partial charge in [-0.1, -0.05) is 0 Å². The average molecular weight is 198 g/mol. The van der Waals surface area contributed by atoms with Crippen molar-refractivity contribution in [1.82, 2.24) is 0 Å². The number of hydrogen-bond acceptors (Lipinski definition) is 3. The summed E-state index contributed by atoms with van der Waals surface area (Å²) in [5, 5.41) is 8.99. The van der Waals surface area contributed by atoms with Gasteiger partial charge in [-0.15, -0.1) is 0 Å². The van der Waals surface area contributed by atoms with Gasteiger partial charge in [-0.05, 0) is 12.1 Å². The van der Waals surface area contributed by atoms with Gasteiger partial charge in [0.1, 0.15) is 17.5 Å². The minimum atomic E-state index is -0.171. The molecule has 4 nitrogen and oxygen atoms in total. The van der Waals surface area contributed by atoms with E-state index in [2.05, 4.69) is 5.73 Å². The molecule has 78 valence electrons. The van der Waals surface area contributed by atoms with Gasteiger partial charge in [0.15, 0.2) is 0 Å². The molecule has 1 aromatic rings. The van der Waals surface area contributed by atoms with Crippen LogP contribution in [0.5, 0.6) is 11.5 Å². The van der Waals surface area contributed by atoms with Crippen LogP contribution in [0.3, 0.4) is 0 Å². The molecular weight excluding hydrogens is 182 g/mol. The van der Waals surface area contributed by atoms with Gasteiger partial charge in [-0.2, -0.15) is 0 Å². The van der Waals surface area contributed by atoms with Crippen molar-refractivity contribution in [2.24, 2.45) is 0 Å². The number of ether oxygens (including phenoxy) is 2. The van der Waals surface area contributed by atoms with E-state index < -0.39 is 0 Å². The number of methoxy groups -OCH3 is 2. The maximum absolute atomic E-state index is 8.99. The summed E-state index contributed by atoms with van der Waals surface area (Å²) in [7, 11) is 3.19. The topological polar surface area (TPSA) is 66.3 Å². The first kappa shape index (κ1) is 10.8. The first-order valence-electron chi connectivity index (χ1n) is 4.38. The average Bonchev–Trinajstić information content (AvgIpc) is 2.27.